The van der Waals surface area contributed by atoms with Gasteiger partial charge >= 0.3 is 12.1 Å². The van der Waals surface area contributed by atoms with Crippen molar-refractivity contribution in [3.05, 3.63) is 16.1 Å². The second kappa shape index (κ2) is 11.8. The summed E-state index contributed by atoms with van der Waals surface area (Å²) in [4.78, 5) is 29.1. The molecule has 1 amide bonds. The lowest BCUT2D eigenvalue weighted by molar-refractivity contribution is 0.0297. The van der Waals surface area contributed by atoms with Crippen molar-refractivity contribution in [1.82, 2.24) is 9.88 Å². The van der Waals surface area contributed by atoms with Crippen molar-refractivity contribution in [2.45, 2.75) is 66.4 Å². The van der Waals surface area contributed by atoms with E-state index in [1.807, 2.05) is 20.8 Å². The van der Waals surface area contributed by atoms with Crippen molar-refractivity contribution in [2.75, 3.05) is 20.2 Å². The number of hydrogen-bond donors (Lipinski definition) is 0. The van der Waals surface area contributed by atoms with E-state index in [0.29, 0.717) is 25.3 Å². The molecule has 1 rings (SSSR count). The summed E-state index contributed by atoms with van der Waals surface area (Å²) in [6, 6.07) is 0. The monoisotopic (exact) mass is 372 g/mol. The van der Waals surface area contributed by atoms with Crippen LogP contribution >= 0.6 is 11.3 Å². The fraction of sp³-hybridized carbons (Fsp3) is 0.722. The van der Waals surface area contributed by atoms with E-state index in [2.05, 4.69) is 18.8 Å². The van der Waals surface area contributed by atoms with E-state index in [9.17, 15) is 9.59 Å². The highest BCUT2D eigenvalue weighted by Crippen LogP contribution is 2.14. The molecule has 1 aromatic heterocycles. The van der Waals surface area contributed by atoms with Crippen molar-refractivity contribution in [3.63, 3.8) is 0 Å². The third-order valence-corrected chi connectivity index (χ3v) is 3.53. The van der Waals surface area contributed by atoms with E-state index in [1.165, 1.54) is 17.8 Å². The third-order valence-electron chi connectivity index (χ3n) is 2.63. The number of amides is 1. The lowest BCUT2D eigenvalue weighted by atomic mass is 10.2. The number of rotatable bonds is 6. The average Bonchev–Trinajstić information content (AvgIpc) is 2.95. The van der Waals surface area contributed by atoms with Gasteiger partial charge in [0.2, 0.25) is 0 Å². The fourth-order valence-electron chi connectivity index (χ4n) is 1.62. The summed E-state index contributed by atoms with van der Waals surface area (Å²) >= 11 is 1.43. The Morgan fingerprint density at radius 1 is 1.24 bits per heavy atom. The molecule has 0 atom stereocenters. The van der Waals surface area contributed by atoms with E-state index in [4.69, 9.17) is 9.47 Å². The number of nitrogens with zero attached hydrogens (tertiary/aromatic N) is 2. The maximum atomic E-state index is 11.8. The topological polar surface area (TPSA) is 68.7 Å². The minimum Gasteiger partial charge on any atom is -0.461 e. The molecule has 144 valence electrons. The van der Waals surface area contributed by atoms with Gasteiger partial charge in [0.05, 0.1) is 11.6 Å². The van der Waals surface area contributed by atoms with Gasteiger partial charge in [-0.1, -0.05) is 20.3 Å². The van der Waals surface area contributed by atoms with Crippen LogP contribution in [0.25, 0.3) is 0 Å². The number of esters is 1. The predicted molar refractivity (Wildman–Crippen MR) is 101 cm³/mol. The highest BCUT2D eigenvalue weighted by Gasteiger charge is 2.19. The van der Waals surface area contributed by atoms with Gasteiger partial charge in [0.25, 0.3) is 0 Å². The third kappa shape index (κ3) is 10.8. The maximum Gasteiger partial charge on any atom is 0.410 e. The number of aromatic nitrogens is 1. The smallest absolute Gasteiger partial charge is 0.410 e. The number of carbonyl (C=O) groups is 2. The summed E-state index contributed by atoms with van der Waals surface area (Å²) in [7, 11) is 1.71. The molecule has 0 aliphatic heterocycles. The van der Waals surface area contributed by atoms with E-state index in [1.54, 1.807) is 24.3 Å². The van der Waals surface area contributed by atoms with Gasteiger partial charge in [0, 0.05) is 25.4 Å². The van der Waals surface area contributed by atoms with Crippen molar-refractivity contribution >= 4 is 23.4 Å². The van der Waals surface area contributed by atoms with Gasteiger partial charge in [-0.3, -0.25) is 0 Å². The van der Waals surface area contributed by atoms with Gasteiger partial charge in [0.15, 0.2) is 5.69 Å². The Bertz CT molecular complexity index is 523. The van der Waals surface area contributed by atoms with Gasteiger partial charge in [0.1, 0.15) is 5.60 Å². The summed E-state index contributed by atoms with van der Waals surface area (Å²) in [5, 5.41) is 2.56. The van der Waals surface area contributed by atoms with E-state index in [0.717, 1.165) is 11.4 Å². The number of carbonyl (C=O) groups excluding carboxylic acids is 2. The normalized spacial score (nSPS) is 10.5. The van der Waals surface area contributed by atoms with E-state index in [-0.39, 0.29) is 6.09 Å². The first-order valence-corrected chi connectivity index (χ1v) is 9.58. The molecule has 0 unspecified atom stereocenters. The molecular formula is C18H32N2O4S. The van der Waals surface area contributed by atoms with E-state index >= 15 is 0 Å². The Kier molecular flexibility index (Phi) is 11.1. The largest absolute Gasteiger partial charge is 0.461 e. The zero-order valence-corrected chi connectivity index (χ0v) is 17.4. The molecule has 0 saturated heterocycles. The molecular weight excluding hydrogens is 340 g/mol. The molecule has 1 aromatic rings. The predicted octanol–water partition coefficient (Wildman–Crippen LogP) is 4.54. The lowest BCUT2D eigenvalue weighted by Gasteiger charge is -2.24. The molecule has 25 heavy (non-hydrogen) atoms. The van der Waals surface area contributed by atoms with Crippen molar-refractivity contribution in [3.8, 4) is 0 Å². The Morgan fingerprint density at radius 3 is 2.36 bits per heavy atom. The van der Waals surface area contributed by atoms with Crippen LogP contribution in [0.3, 0.4) is 0 Å². The van der Waals surface area contributed by atoms with Crippen LogP contribution < -0.4 is 0 Å². The molecule has 7 heteroatoms. The summed E-state index contributed by atoms with van der Waals surface area (Å²) in [5.74, 6) is -0.393. The fourth-order valence-corrected chi connectivity index (χ4v) is 2.43. The first-order valence-electron chi connectivity index (χ1n) is 8.70. The molecule has 6 nitrogen and oxygen atoms in total. The Morgan fingerprint density at radius 2 is 1.84 bits per heavy atom. The molecule has 0 aliphatic carbocycles. The maximum absolute atomic E-state index is 11.8. The minimum absolute atomic E-state index is 0.334. The second-order valence-corrected chi connectivity index (χ2v) is 7.50. The van der Waals surface area contributed by atoms with Gasteiger partial charge in [-0.15, -0.1) is 11.3 Å². The Labute approximate surface area is 155 Å². The summed E-state index contributed by atoms with van der Waals surface area (Å²) < 4.78 is 10.2. The molecule has 0 bridgehead atoms. The summed E-state index contributed by atoms with van der Waals surface area (Å²) in [6.07, 6.45) is 2.38. The summed E-state index contributed by atoms with van der Waals surface area (Å²) in [5.41, 5.74) is -0.141. The standard InChI is InChI=1S/C15H24N2O4S.C3H8/c1-6-20-13(18)11-10-22-12(16-11)8-7-9-17(5)14(19)21-15(2,3)4;1-3-2/h10H,6-9H2,1-5H3;3H2,1-2H3. The van der Waals surface area contributed by atoms with Crippen LogP contribution in [-0.2, 0) is 15.9 Å². The first-order chi connectivity index (χ1) is 11.6. The molecule has 0 aliphatic rings. The van der Waals surface area contributed by atoms with Crippen LogP contribution in [0.5, 0.6) is 0 Å². The van der Waals surface area contributed by atoms with Gasteiger partial charge in [-0.25, -0.2) is 14.6 Å². The quantitative estimate of drug-likeness (QED) is 0.686. The second-order valence-electron chi connectivity index (χ2n) is 6.56. The number of thiazole rings is 1. The number of aryl methyl sites for hydroxylation is 1. The van der Waals surface area contributed by atoms with Gasteiger partial charge in [-0.2, -0.15) is 0 Å². The van der Waals surface area contributed by atoms with Crippen LogP contribution in [-0.4, -0.2) is 47.7 Å². The van der Waals surface area contributed by atoms with Gasteiger partial charge < -0.3 is 14.4 Å². The molecule has 0 saturated carbocycles. The van der Waals surface area contributed by atoms with Crippen LogP contribution in [0, 0.1) is 0 Å². The van der Waals surface area contributed by atoms with Crippen molar-refractivity contribution < 1.29 is 19.1 Å². The molecule has 0 fully saturated rings. The molecule has 0 N–H and O–H groups in total. The molecule has 0 aromatic carbocycles. The number of hydrogen-bond acceptors (Lipinski definition) is 6. The summed E-state index contributed by atoms with van der Waals surface area (Å²) in [6.45, 7) is 12.4. The van der Waals surface area contributed by atoms with Crippen LogP contribution in [0.2, 0.25) is 0 Å². The Hall–Kier alpha value is -1.63. The van der Waals surface area contributed by atoms with Crippen LogP contribution in [0.15, 0.2) is 5.38 Å². The molecule has 0 radical (unpaired) electrons. The first kappa shape index (κ1) is 23.4. The van der Waals surface area contributed by atoms with Gasteiger partial charge in [-0.05, 0) is 34.1 Å². The van der Waals surface area contributed by atoms with Crippen LogP contribution in [0.1, 0.15) is 69.9 Å². The zero-order valence-electron chi connectivity index (χ0n) is 16.5. The highest BCUT2D eigenvalue weighted by atomic mass is 32.1. The molecule has 1 heterocycles. The SMILES string of the molecule is CCC.CCOC(=O)c1csc(CCCN(C)C(=O)OC(C)(C)C)n1. The lowest BCUT2D eigenvalue weighted by Crippen LogP contribution is -2.34. The number of ether oxygens (including phenoxy) is 2. The zero-order chi connectivity index (χ0) is 19.5. The average molecular weight is 373 g/mol. The van der Waals surface area contributed by atoms with E-state index < -0.39 is 11.6 Å². The minimum atomic E-state index is -0.491. The van der Waals surface area contributed by atoms with Crippen molar-refractivity contribution in [2.24, 2.45) is 0 Å². The molecule has 0 spiro atoms. The van der Waals surface area contributed by atoms with Crippen molar-refractivity contribution in [1.29, 1.82) is 0 Å². The highest BCUT2D eigenvalue weighted by molar-refractivity contribution is 7.09. The van der Waals surface area contributed by atoms with Crippen LogP contribution in [0.4, 0.5) is 4.79 Å². The Balaban J connectivity index is 0.00000178.